The first-order valence-corrected chi connectivity index (χ1v) is 8.57. The van der Waals surface area contributed by atoms with E-state index in [1.807, 2.05) is 40.6 Å². The highest BCUT2D eigenvalue weighted by atomic mass is 32.2. The molecular formula is C14H17NOS2. The Hall–Kier alpha value is -0.610. The van der Waals surface area contributed by atoms with E-state index in [4.69, 9.17) is 0 Å². The van der Waals surface area contributed by atoms with E-state index in [1.54, 1.807) is 0 Å². The van der Waals surface area contributed by atoms with E-state index in [2.05, 4.69) is 12.1 Å². The Morgan fingerprint density at radius 3 is 2.28 bits per heavy atom. The third-order valence-corrected chi connectivity index (χ3v) is 6.55. The summed E-state index contributed by atoms with van der Waals surface area (Å²) in [5, 5.41) is 0. The Bertz CT molecular complexity index is 420. The first-order chi connectivity index (χ1) is 8.84. The van der Waals surface area contributed by atoms with Gasteiger partial charge in [0.2, 0.25) is 0 Å². The average Bonchev–Trinajstić information content (AvgIpc) is 3.11. The highest BCUT2D eigenvalue weighted by molar-refractivity contribution is 8.19. The number of rotatable bonds is 2. The highest BCUT2D eigenvalue weighted by Crippen LogP contribution is 2.45. The molecule has 0 bridgehead atoms. The largest absolute Gasteiger partial charge is 0.339 e. The molecule has 1 amide bonds. The van der Waals surface area contributed by atoms with Gasteiger partial charge in [-0.2, -0.15) is 0 Å². The van der Waals surface area contributed by atoms with Crippen molar-refractivity contribution < 1.29 is 4.79 Å². The van der Waals surface area contributed by atoms with Crippen LogP contribution < -0.4 is 0 Å². The normalized spacial score (nSPS) is 20.6. The Labute approximate surface area is 117 Å². The van der Waals surface area contributed by atoms with Crippen molar-refractivity contribution in [3.05, 3.63) is 35.4 Å². The van der Waals surface area contributed by atoms with E-state index in [0.29, 0.717) is 4.58 Å². The van der Waals surface area contributed by atoms with Crippen molar-refractivity contribution in [1.82, 2.24) is 4.90 Å². The van der Waals surface area contributed by atoms with Gasteiger partial charge < -0.3 is 4.90 Å². The summed E-state index contributed by atoms with van der Waals surface area (Å²) < 4.78 is 0.570. The number of benzene rings is 1. The summed E-state index contributed by atoms with van der Waals surface area (Å²) in [6.07, 6.45) is 2.30. The molecule has 0 unspecified atom stereocenters. The van der Waals surface area contributed by atoms with Crippen molar-refractivity contribution >= 4 is 29.4 Å². The van der Waals surface area contributed by atoms with Crippen LogP contribution in [0, 0.1) is 0 Å². The second-order valence-electron chi connectivity index (χ2n) is 4.69. The summed E-state index contributed by atoms with van der Waals surface area (Å²) in [7, 11) is 0. The SMILES string of the molecule is O=C(c1ccc(C2SCCS2)cc1)N1CCCC1. The van der Waals surface area contributed by atoms with Crippen molar-refractivity contribution in [1.29, 1.82) is 0 Å². The van der Waals surface area contributed by atoms with Gasteiger partial charge >= 0.3 is 0 Å². The third kappa shape index (κ3) is 2.54. The zero-order valence-corrected chi connectivity index (χ0v) is 11.9. The number of carbonyl (C=O) groups is 1. The summed E-state index contributed by atoms with van der Waals surface area (Å²) in [6.45, 7) is 1.85. The molecule has 2 fully saturated rings. The van der Waals surface area contributed by atoms with Crippen molar-refractivity contribution in [2.75, 3.05) is 24.6 Å². The van der Waals surface area contributed by atoms with E-state index in [9.17, 15) is 4.79 Å². The summed E-state index contributed by atoms with van der Waals surface area (Å²) in [5.74, 6) is 2.68. The molecule has 0 aliphatic carbocycles. The lowest BCUT2D eigenvalue weighted by atomic mass is 10.1. The molecule has 4 heteroatoms. The monoisotopic (exact) mass is 279 g/mol. The molecule has 1 aromatic rings. The van der Waals surface area contributed by atoms with Gasteiger partial charge in [0.25, 0.3) is 5.91 Å². The van der Waals surface area contributed by atoms with Crippen LogP contribution in [0.4, 0.5) is 0 Å². The maximum atomic E-state index is 12.2. The fourth-order valence-corrected chi connectivity index (χ4v) is 5.30. The fraction of sp³-hybridized carbons (Fsp3) is 0.500. The molecular weight excluding hydrogens is 262 g/mol. The summed E-state index contributed by atoms with van der Waals surface area (Å²) in [4.78, 5) is 14.2. The fourth-order valence-electron chi connectivity index (χ4n) is 2.44. The number of thioether (sulfide) groups is 2. The van der Waals surface area contributed by atoms with Crippen LogP contribution in [0.5, 0.6) is 0 Å². The quantitative estimate of drug-likeness (QED) is 0.827. The van der Waals surface area contributed by atoms with Gasteiger partial charge in [-0.3, -0.25) is 4.79 Å². The maximum absolute atomic E-state index is 12.2. The predicted octanol–water partition coefficient (Wildman–Crippen LogP) is 3.40. The Morgan fingerprint density at radius 1 is 1.06 bits per heavy atom. The smallest absolute Gasteiger partial charge is 0.253 e. The minimum atomic E-state index is 0.200. The number of amides is 1. The number of carbonyl (C=O) groups excluding carboxylic acids is 1. The first-order valence-electron chi connectivity index (χ1n) is 6.47. The molecule has 0 N–H and O–H groups in total. The van der Waals surface area contributed by atoms with Gasteiger partial charge in [-0.25, -0.2) is 0 Å². The molecule has 2 saturated heterocycles. The van der Waals surface area contributed by atoms with E-state index >= 15 is 0 Å². The number of nitrogens with zero attached hydrogens (tertiary/aromatic N) is 1. The van der Waals surface area contributed by atoms with E-state index < -0.39 is 0 Å². The predicted molar refractivity (Wildman–Crippen MR) is 79.2 cm³/mol. The minimum Gasteiger partial charge on any atom is -0.339 e. The van der Waals surface area contributed by atoms with Gasteiger partial charge in [0, 0.05) is 30.2 Å². The van der Waals surface area contributed by atoms with Crippen LogP contribution in [0.25, 0.3) is 0 Å². The van der Waals surface area contributed by atoms with Crippen LogP contribution in [0.15, 0.2) is 24.3 Å². The lowest BCUT2D eigenvalue weighted by Gasteiger charge is -2.16. The molecule has 2 nitrogen and oxygen atoms in total. The third-order valence-electron chi connectivity index (χ3n) is 3.44. The molecule has 0 saturated carbocycles. The van der Waals surface area contributed by atoms with Crippen LogP contribution in [-0.2, 0) is 0 Å². The van der Waals surface area contributed by atoms with Gasteiger partial charge in [0.05, 0.1) is 4.58 Å². The zero-order chi connectivity index (χ0) is 12.4. The van der Waals surface area contributed by atoms with Crippen molar-refractivity contribution in [3.8, 4) is 0 Å². The molecule has 0 aromatic heterocycles. The van der Waals surface area contributed by atoms with Gasteiger partial charge in [-0.1, -0.05) is 12.1 Å². The number of likely N-dealkylation sites (tertiary alicyclic amines) is 1. The molecule has 0 atom stereocenters. The molecule has 1 aromatic carbocycles. The number of hydrogen-bond acceptors (Lipinski definition) is 3. The second-order valence-corrected chi connectivity index (χ2v) is 7.42. The molecule has 2 aliphatic heterocycles. The molecule has 18 heavy (non-hydrogen) atoms. The maximum Gasteiger partial charge on any atom is 0.253 e. The number of hydrogen-bond donors (Lipinski definition) is 0. The Balaban J connectivity index is 1.71. The van der Waals surface area contributed by atoms with Crippen LogP contribution in [-0.4, -0.2) is 35.4 Å². The van der Waals surface area contributed by atoms with Crippen LogP contribution in [0.1, 0.15) is 33.3 Å². The van der Waals surface area contributed by atoms with E-state index in [1.165, 1.54) is 17.1 Å². The summed E-state index contributed by atoms with van der Waals surface area (Å²) in [6, 6.07) is 8.24. The van der Waals surface area contributed by atoms with Crippen molar-refractivity contribution in [3.63, 3.8) is 0 Å². The zero-order valence-electron chi connectivity index (χ0n) is 10.3. The van der Waals surface area contributed by atoms with Crippen LogP contribution in [0.3, 0.4) is 0 Å². The standard InChI is InChI=1S/C14H17NOS2/c16-13(15-7-1-2-8-15)11-3-5-12(6-4-11)14-17-9-10-18-14/h3-6,14H,1-2,7-10H2. The second kappa shape index (κ2) is 5.57. The Morgan fingerprint density at radius 2 is 1.67 bits per heavy atom. The Kier molecular flexibility index (Phi) is 3.85. The van der Waals surface area contributed by atoms with Gasteiger partial charge in [0.1, 0.15) is 0 Å². The average molecular weight is 279 g/mol. The van der Waals surface area contributed by atoms with Gasteiger partial charge in [0.15, 0.2) is 0 Å². The lowest BCUT2D eigenvalue weighted by Crippen LogP contribution is -2.27. The van der Waals surface area contributed by atoms with Crippen LogP contribution in [0.2, 0.25) is 0 Å². The van der Waals surface area contributed by atoms with E-state index in [0.717, 1.165) is 31.5 Å². The van der Waals surface area contributed by atoms with Gasteiger partial charge in [-0.15, -0.1) is 23.5 Å². The summed E-state index contributed by atoms with van der Waals surface area (Å²) in [5.41, 5.74) is 2.19. The molecule has 2 aliphatic rings. The molecule has 3 rings (SSSR count). The van der Waals surface area contributed by atoms with Crippen LogP contribution >= 0.6 is 23.5 Å². The lowest BCUT2D eigenvalue weighted by molar-refractivity contribution is 0.0793. The minimum absolute atomic E-state index is 0.200. The molecule has 2 heterocycles. The van der Waals surface area contributed by atoms with Crippen molar-refractivity contribution in [2.24, 2.45) is 0 Å². The highest BCUT2D eigenvalue weighted by Gasteiger charge is 2.21. The topological polar surface area (TPSA) is 20.3 Å². The van der Waals surface area contributed by atoms with E-state index in [-0.39, 0.29) is 5.91 Å². The molecule has 0 radical (unpaired) electrons. The molecule has 0 spiro atoms. The first kappa shape index (κ1) is 12.4. The van der Waals surface area contributed by atoms with Crippen molar-refractivity contribution in [2.45, 2.75) is 17.4 Å². The molecule has 96 valence electrons. The summed E-state index contributed by atoms with van der Waals surface area (Å²) >= 11 is 4.01. The van der Waals surface area contributed by atoms with Gasteiger partial charge in [-0.05, 0) is 30.5 Å².